The second-order valence-corrected chi connectivity index (χ2v) is 4.46. The highest BCUT2D eigenvalue weighted by Gasteiger charge is 2.25. The van der Waals surface area contributed by atoms with Gasteiger partial charge in [-0.15, -0.1) is 0 Å². The van der Waals surface area contributed by atoms with Crippen LogP contribution in [0, 0.1) is 0 Å². The van der Waals surface area contributed by atoms with Gasteiger partial charge in [-0.25, -0.2) is 4.79 Å². The van der Waals surface area contributed by atoms with Crippen LogP contribution in [0.25, 0.3) is 0 Å². The van der Waals surface area contributed by atoms with Crippen molar-refractivity contribution >= 4 is 11.9 Å². The minimum Gasteiger partial charge on any atom is -0.492 e. The number of para-hydroxylation sites is 1. The van der Waals surface area contributed by atoms with Crippen molar-refractivity contribution in [2.45, 2.75) is 19.5 Å². The van der Waals surface area contributed by atoms with Crippen LogP contribution in [0.2, 0.25) is 0 Å². The van der Waals surface area contributed by atoms with E-state index in [2.05, 4.69) is 5.32 Å². The van der Waals surface area contributed by atoms with Crippen LogP contribution in [0.4, 0.5) is 4.79 Å². The van der Waals surface area contributed by atoms with Crippen LogP contribution >= 0.6 is 0 Å². The van der Waals surface area contributed by atoms with Gasteiger partial charge >= 0.3 is 6.03 Å². The number of ether oxygens (including phenoxy) is 1. The second kappa shape index (κ2) is 5.71. The predicted octanol–water partition coefficient (Wildman–Crippen LogP) is 0.464. The van der Waals surface area contributed by atoms with Gasteiger partial charge in [0.25, 0.3) is 0 Å². The fourth-order valence-electron chi connectivity index (χ4n) is 2.07. The Hall–Kier alpha value is -2.08. The molecule has 102 valence electrons. The van der Waals surface area contributed by atoms with Gasteiger partial charge < -0.3 is 10.5 Å². The SMILES string of the molecule is CC(C(=O)NC(N)=O)N1CCOc2ccccc2C1. The van der Waals surface area contributed by atoms with E-state index in [-0.39, 0.29) is 0 Å². The Kier molecular flexibility index (Phi) is 4.01. The van der Waals surface area contributed by atoms with Crippen LogP contribution in [-0.4, -0.2) is 36.0 Å². The first-order valence-corrected chi connectivity index (χ1v) is 6.13. The lowest BCUT2D eigenvalue weighted by Crippen LogP contribution is -2.48. The van der Waals surface area contributed by atoms with Crippen LogP contribution in [0.5, 0.6) is 5.75 Å². The molecule has 1 aromatic rings. The number of imide groups is 1. The zero-order valence-electron chi connectivity index (χ0n) is 10.8. The smallest absolute Gasteiger partial charge is 0.318 e. The summed E-state index contributed by atoms with van der Waals surface area (Å²) < 4.78 is 5.62. The average Bonchev–Trinajstić information content (AvgIpc) is 2.58. The molecule has 1 unspecified atom stereocenters. The Morgan fingerprint density at radius 2 is 2.16 bits per heavy atom. The third-order valence-corrected chi connectivity index (χ3v) is 3.16. The van der Waals surface area contributed by atoms with Crippen LogP contribution in [0.1, 0.15) is 12.5 Å². The van der Waals surface area contributed by atoms with Crippen LogP contribution in [-0.2, 0) is 11.3 Å². The number of nitrogens with one attached hydrogen (secondary N) is 1. The first-order valence-electron chi connectivity index (χ1n) is 6.13. The monoisotopic (exact) mass is 263 g/mol. The van der Waals surface area contributed by atoms with Crippen molar-refractivity contribution in [3.63, 3.8) is 0 Å². The van der Waals surface area contributed by atoms with Crippen LogP contribution in [0.3, 0.4) is 0 Å². The summed E-state index contributed by atoms with van der Waals surface area (Å²) in [7, 11) is 0. The van der Waals surface area contributed by atoms with Gasteiger partial charge in [0, 0.05) is 18.7 Å². The molecule has 3 amide bonds. The minimum absolute atomic E-state index is 0.396. The van der Waals surface area contributed by atoms with E-state index in [1.54, 1.807) is 6.92 Å². The Balaban J connectivity index is 2.09. The van der Waals surface area contributed by atoms with E-state index in [0.29, 0.717) is 19.7 Å². The molecule has 0 radical (unpaired) electrons. The Morgan fingerprint density at radius 1 is 1.42 bits per heavy atom. The highest BCUT2D eigenvalue weighted by molar-refractivity contribution is 5.96. The van der Waals surface area contributed by atoms with Crippen molar-refractivity contribution < 1.29 is 14.3 Å². The zero-order valence-corrected chi connectivity index (χ0v) is 10.8. The summed E-state index contributed by atoms with van der Waals surface area (Å²) >= 11 is 0. The lowest BCUT2D eigenvalue weighted by atomic mass is 10.1. The third-order valence-electron chi connectivity index (χ3n) is 3.16. The summed E-state index contributed by atoms with van der Waals surface area (Å²) in [5.74, 6) is 0.444. The molecule has 0 bridgehead atoms. The molecule has 1 heterocycles. The summed E-state index contributed by atoms with van der Waals surface area (Å²) in [5, 5.41) is 2.10. The molecule has 0 spiro atoms. The van der Waals surface area contributed by atoms with Crippen molar-refractivity contribution in [2.75, 3.05) is 13.2 Å². The second-order valence-electron chi connectivity index (χ2n) is 4.46. The number of nitrogens with two attached hydrogens (primary N) is 1. The molecule has 19 heavy (non-hydrogen) atoms. The van der Waals surface area contributed by atoms with Gasteiger partial charge in [0.15, 0.2) is 0 Å². The van der Waals surface area contributed by atoms with Gasteiger partial charge in [-0.3, -0.25) is 15.0 Å². The van der Waals surface area contributed by atoms with Gasteiger partial charge in [-0.2, -0.15) is 0 Å². The van der Waals surface area contributed by atoms with E-state index in [1.165, 1.54) is 0 Å². The van der Waals surface area contributed by atoms with E-state index < -0.39 is 18.0 Å². The number of hydrogen-bond acceptors (Lipinski definition) is 4. The van der Waals surface area contributed by atoms with Crippen LogP contribution < -0.4 is 15.8 Å². The molecule has 2 rings (SSSR count). The van der Waals surface area contributed by atoms with Gasteiger partial charge in [-0.05, 0) is 13.0 Å². The summed E-state index contributed by atoms with van der Waals surface area (Å²) in [6, 6.07) is 6.45. The number of rotatable bonds is 2. The fourth-order valence-corrected chi connectivity index (χ4v) is 2.07. The molecule has 6 heteroatoms. The molecule has 1 aliphatic heterocycles. The van der Waals surface area contributed by atoms with E-state index >= 15 is 0 Å². The zero-order chi connectivity index (χ0) is 13.8. The van der Waals surface area contributed by atoms with Gasteiger partial charge in [0.1, 0.15) is 12.4 Å². The molecule has 0 aliphatic carbocycles. The van der Waals surface area contributed by atoms with E-state index in [9.17, 15) is 9.59 Å². The minimum atomic E-state index is -0.830. The number of benzene rings is 1. The standard InChI is InChI=1S/C13H17N3O3/c1-9(12(17)15-13(14)18)16-6-7-19-11-5-3-2-4-10(11)8-16/h2-5,9H,6-8H2,1H3,(H3,14,15,17,18). The number of primary amides is 1. The molecule has 0 aromatic heterocycles. The van der Waals surface area contributed by atoms with Crippen molar-refractivity contribution in [1.29, 1.82) is 0 Å². The molecule has 1 atom stereocenters. The van der Waals surface area contributed by atoms with Crippen molar-refractivity contribution in [3.8, 4) is 5.75 Å². The maximum absolute atomic E-state index is 11.8. The van der Waals surface area contributed by atoms with Crippen molar-refractivity contribution in [3.05, 3.63) is 29.8 Å². The number of carbonyl (C=O) groups excluding carboxylic acids is 2. The highest BCUT2D eigenvalue weighted by Crippen LogP contribution is 2.23. The molecule has 0 saturated carbocycles. The molecule has 1 aliphatic rings. The van der Waals surface area contributed by atoms with Gasteiger partial charge in [0.2, 0.25) is 5.91 Å². The number of nitrogens with zero attached hydrogens (tertiary/aromatic N) is 1. The summed E-state index contributed by atoms with van der Waals surface area (Å²) in [4.78, 5) is 24.4. The number of carbonyl (C=O) groups is 2. The van der Waals surface area contributed by atoms with E-state index in [0.717, 1.165) is 11.3 Å². The van der Waals surface area contributed by atoms with Crippen LogP contribution in [0.15, 0.2) is 24.3 Å². The lowest BCUT2D eigenvalue weighted by Gasteiger charge is -2.25. The first kappa shape index (κ1) is 13.4. The van der Waals surface area contributed by atoms with E-state index in [1.807, 2.05) is 29.2 Å². The maximum atomic E-state index is 11.8. The number of fused-ring (bicyclic) bond motifs is 1. The Bertz CT molecular complexity index is 490. The molecular weight excluding hydrogens is 246 g/mol. The Morgan fingerprint density at radius 3 is 2.89 bits per heavy atom. The topological polar surface area (TPSA) is 84.7 Å². The van der Waals surface area contributed by atoms with Gasteiger partial charge in [-0.1, -0.05) is 18.2 Å². The molecule has 6 nitrogen and oxygen atoms in total. The quantitative estimate of drug-likeness (QED) is 0.812. The molecule has 3 N–H and O–H groups in total. The fraction of sp³-hybridized carbons (Fsp3) is 0.385. The van der Waals surface area contributed by atoms with Crippen molar-refractivity contribution in [2.24, 2.45) is 5.73 Å². The maximum Gasteiger partial charge on any atom is 0.318 e. The van der Waals surface area contributed by atoms with E-state index in [4.69, 9.17) is 10.5 Å². The molecule has 1 aromatic carbocycles. The number of hydrogen-bond donors (Lipinski definition) is 2. The normalized spacial score (nSPS) is 16.7. The molecule has 0 fully saturated rings. The number of amides is 3. The molecule has 0 saturated heterocycles. The summed E-state index contributed by atoms with van der Waals surface area (Å²) in [5.41, 5.74) is 5.98. The Labute approximate surface area is 111 Å². The van der Waals surface area contributed by atoms with Crippen molar-refractivity contribution in [1.82, 2.24) is 10.2 Å². The average molecular weight is 263 g/mol. The lowest BCUT2D eigenvalue weighted by molar-refractivity contribution is -0.124. The van der Waals surface area contributed by atoms with Gasteiger partial charge in [0.05, 0.1) is 6.04 Å². The number of urea groups is 1. The third kappa shape index (κ3) is 3.23. The molecular formula is C13H17N3O3. The predicted molar refractivity (Wildman–Crippen MR) is 69.5 cm³/mol. The highest BCUT2D eigenvalue weighted by atomic mass is 16.5. The summed E-state index contributed by atoms with van der Waals surface area (Å²) in [6.45, 7) is 3.46. The largest absolute Gasteiger partial charge is 0.492 e. The first-order chi connectivity index (χ1) is 9.08. The summed E-state index contributed by atoms with van der Waals surface area (Å²) in [6.07, 6.45) is 0.